The van der Waals surface area contributed by atoms with E-state index in [1.54, 1.807) is 9.58 Å². The first-order chi connectivity index (χ1) is 11.4. The van der Waals surface area contributed by atoms with Gasteiger partial charge < -0.3 is 18.9 Å². The Hall–Kier alpha value is -1.61. The lowest BCUT2D eigenvalue weighted by atomic mass is 9.86. The molecule has 0 N–H and O–H groups in total. The Morgan fingerprint density at radius 1 is 1.24 bits per heavy atom. The predicted octanol–water partition coefficient (Wildman–Crippen LogP) is 1.37. The van der Waals surface area contributed by atoms with Gasteiger partial charge in [-0.25, -0.2) is 9.48 Å². The quantitative estimate of drug-likeness (QED) is 0.750. The Kier molecular flexibility index (Phi) is 4.15. The lowest BCUT2D eigenvalue weighted by Crippen LogP contribution is -2.52. The third-order valence-electron chi connectivity index (χ3n) is 4.91. The van der Waals surface area contributed by atoms with E-state index in [1.165, 1.54) is 0 Å². The van der Waals surface area contributed by atoms with Gasteiger partial charge in [0.05, 0.1) is 17.2 Å². The number of ether oxygens (including phenoxy) is 1. The van der Waals surface area contributed by atoms with Gasteiger partial charge in [0.1, 0.15) is 11.2 Å². The molecule has 138 valence electrons. The molecular weight excluding hydrogens is 323 g/mol. The zero-order valence-corrected chi connectivity index (χ0v) is 16.1. The van der Waals surface area contributed by atoms with Crippen LogP contribution in [0.1, 0.15) is 54.5 Å². The highest BCUT2D eigenvalue weighted by Gasteiger charge is 2.53. The molecule has 2 aliphatic rings. The number of rotatable bonds is 2. The van der Waals surface area contributed by atoms with E-state index >= 15 is 0 Å². The Morgan fingerprint density at radius 2 is 1.80 bits per heavy atom. The van der Waals surface area contributed by atoms with Gasteiger partial charge in [-0.1, -0.05) is 5.21 Å². The maximum absolute atomic E-state index is 12.0. The van der Waals surface area contributed by atoms with Crippen LogP contribution in [-0.2, 0) is 14.0 Å². The monoisotopic (exact) mass is 350 g/mol. The number of aromatic nitrogens is 3. The Morgan fingerprint density at radius 3 is 2.32 bits per heavy atom. The van der Waals surface area contributed by atoms with Gasteiger partial charge in [-0.3, -0.25) is 0 Å². The van der Waals surface area contributed by atoms with Crippen LogP contribution in [0.2, 0.25) is 0 Å². The van der Waals surface area contributed by atoms with Crippen LogP contribution in [0.15, 0.2) is 6.20 Å². The van der Waals surface area contributed by atoms with Crippen molar-refractivity contribution in [2.75, 3.05) is 13.1 Å². The highest BCUT2D eigenvalue weighted by molar-refractivity contribution is 6.61. The largest absolute Gasteiger partial charge is 0.518 e. The highest BCUT2D eigenvalue weighted by Crippen LogP contribution is 2.36. The molecule has 0 aromatic carbocycles. The summed E-state index contributed by atoms with van der Waals surface area (Å²) in [7, 11) is -0.527. The van der Waals surface area contributed by atoms with Crippen molar-refractivity contribution in [3.63, 3.8) is 0 Å². The van der Waals surface area contributed by atoms with E-state index in [2.05, 4.69) is 10.3 Å². The lowest BCUT2D eigenvalue weighted by Gasteiger charge is -2.39. The van der Waals surface area contributed by atoms with Gasteiger partial charge in [-0.15, -0.1) is 5.10 Å². The van der Waals surface area contributed by atoms with E-state index in [0.717, 1.165) is 0 Å². The second kappa shape index (κ2) is 5.70. The molecule has 0 unspecified atom stereocenters. The summed E-state index contributed by atoms with van der Waals surface area (Å²) in [6.07, 6.45) is 1.54. The van der Waals surface area contributed by atoms with Crippen LogP contribution in [0, 0.1) is 0 Å². The zero-order valence-electron chi connectivity index (χ0n) is 16.1. The summed E-state index contributed by atoms with van der Waals surface area (Å²) in [5.74, 6) is 0. The molecule has 0 spiro atoms. The molecule has 0 aliphatic carbocycles. The molecule has 3 rings (SSSR count). The van der Waals surface area contributed by atoms with Crippen LogP contribution in [0.3, 0.4) is 0 Å². The van der Waals surface area contributed by atoms with Crippen molar-refractivity contribution in [2.24, 2.45) is 0 Å². The molecule has 25 heavy (non-hydrogen) atoms. The summed E-state index contributed by atoms with van der Waals surface area (Å²) in [5, 5.41) is 8.36. The molecule has 2 aliphatic heterocycles. The van der Waals surface area contributed by atoms with E-state index in [4.69, 9.17) is 14.0 Å². The smallest absolute Gasteiger partial charge is 0.444 e. The summed E-state index contributed by atoms with van der Waals surface area (Å²) >= 11 is 0. The van der Waals surface area contributed by atoms with Crippen molar-refractivity contribution in [3.8, 4) is 0 Å². The number of hydrogen-bond acceptors (Lipinski definition) is 6. The van der Waals surface area contributed by atoms with Crippen molar-refractivity contribution in [3.05, 3.63) is 6.20 Å². The normalized spacial score (nSPS) is 22.8. The van der Waals surface area contributed by atoms with Gasteiger partial charge in [0.15, 0.2) is 0 Å². The number of amides is 1. The van der Waals surface area contributed by atoms with Gasteiger partial charge in [0.2, 0.25) is 0 Å². The van der Waals surface area contributed by atoms with Gasteiger partial charge in [-0.05, 0) is 48.5 Å². The Balaban J connectivity index is 1.59. The molecule has 2 fully saturated rings. The first-order valence-corrected chi connectivity index (χ1v) is 8.63. The average molecular weight is 350 g/mol. The third kappa shape index (κ3) is 3.53. The van der Waals surface area contributed by atoms with E-state index in [0.29, 0.717) is 18.7 Å². The fourth-order valence-corrected chi connectivity index (χ4v) is 2.64. The van der Waals surface area contributed by atoms with Crippen LogP contribution >= 0.6 is 0 Å². The van der Waals surface area contributed by atoms with Crippen molar-refractivity contribution < 1.29 is 18.8 Å². The van der Waals surface area contributed by atoms with Crippen LogP contribution < -0.4 is 5.59 Å². The van der Waals surface area contributed by atoms with Crippen molar-refractivity contribution in [1.29, 1.82) is 0 Å². The molecule has 1 aromatic heterocycles. The Labute approximate surface area is 148 Å². The molecule has 2 saturated heterocycles. The zero-order chi connectivity index (χ0) is 18.6. The van der Waals surface area contributed by atoms with Gasteiger partial charge in [0, 0.05) is 19.3 Å². The summed E-state index contributed by atoms with van der Waals surface area (Å²) in [6.45, 7) is 14.7. The maximum Gasteiger partial charge on any atom is 0.518 e. The minimum absolute atomic E-state index is 0.0937. The van der Waals surface area contributed by atoms with Crippen molar-refractivity contribution >= 4 is 18.8 Å². The summed E-state index contributed by atoms with van der Waals surface area (Å²) in [6, 6.07) is 0.0937. The lowest BCUT2D eigenvalue weighted by molar-refractivity contribution is -0.000615. The molecule has 0 atom stereocenters. The number of carbonyl (C=O) groups is 1. The van der Waals surface area contributed by atoms with Gasteiger partial charge >= 0.3 is 13.2 Å². The van der Waals surface area contributed by atoms with Crippen LogP contribution in [0.4, 0.5) is 4.79 Å². The molecule has 9 heteroatoms. The number of carbonyl (C=O) groups excluding carboxylic acids is 1. The van der Waals surface area contributed by atoms with Crippen LogP contribution in [-0.4, -0.2) is 63.0 Å². The molecule has 8 nitrogen and oxygen atoms in total. The summed E-state index contributed by atoms with van der Waals surface area (Å²) < 4.78 is 19.1. The molecule has 0 radical (unpaired) electrons. The Bertz CT molecular complexity index is 645. The van der Waals surface area contributed by atoms with Crippen LogP contribution in [0.5, 0.6) is 0 Å². The van der Waals surface area contributed by atoms with E-state index in [-0.39, 0.29) is 12.1 Å². The fraction of sp³-hybridized carbons (Fsp3) is 0.812. The molecule has 0 saturated carbocycles. The summed E-state index contributed by atoms with van der Waals surface area (Å²) in [4.78, 5) is 13.7. The standard InChI is InChI=1S/C16H27BN4O4/c1-14(2,3)23-13(22)20-8-11(9-20)21-10-12(18-19-21)17-24-15(4,5)16(6,7)25-17/h10-11H,8-9H2,1-7H3. The maximum atomic E-state index is 12.0. The second-order valence-corrected chi connectivity index (χ2v) is 8.75. The SMILES string of the molecule is CC(C)(C)OC(=O)N1CC(n2cc(B3OC(C)(C)C(C)(C)O3)nn2)C1. The molecule has 1 amide bonds. The average Bonchev–Trinajstić information content (AvgIpc) is 2.89. The molecule has 3 heterocycles. The number of hydrogen-bond donors (Lipinski definition) is 0. The number of nitrogens with zero attached hydrogens (tertiary/aromatic N) is 4. The highest BCUT2D eigenvalue weighted by atomic mass is 16.7. The number of likely N-dealkylation sites (tertiary alicyclic amines) is 1. The molecule has 0 bridgehead atoms. The predicted molar refractivity (Wildman–Crippen MR) is 92.6 cm³/mol. The fourth-order valence-electron chi connectivity index (χ4n) is 2.64. The van der Waals surface area contributed by atoms with E-state index in [9.17, 15) is 4.79 Å². The second-order valence-electron chi connectivity index (χ2n) is 8.75. The molecular formula is C16H27BN4O4. The third-order valence-corrected chi connectivity index (χ3v) is 4.91. The minimum atomic E-state index is -0.527. The molecule has 1 aromatic rings. The first kappa shape index (κ1) is 18.2. The minimum Gasteiger partial charge on any atom is -0.444 e. The van der Waals surface area contributed by atoms with E-state index < -0.39 is 23.9 Å². The van der Waals surface area contributed by atoms with Gasteiger partial charge in [0.25, 0.3) is 0 Å². The van der Waals surface area contributed by atoms with Crippen molar-refractivity contribution in [1.82, 2.24) is 19.9 Å². The topological polar surface area (TPSA) is 78.7 Å². The first-order valence-electron chi connectivity index (χ1n) is 8.63. The van der Waals surface area contributed by atoms with Crippen molar-refractivity contribution in [2.45, 2.75) is 71.3 Å². The van der Waals surface area contributed by atoms with E-state index in [1.807, 2.05) is 54.7 Å². The van der Waals surface area contributed by atoms with Crippen LogP contribution in [0.25, 0.3) is 0 Å². The summed E-state index contributed by atoms with van der Waals surface area (Å²) in [5.41, 5.74) is -0.662. The van der Waals surface area contributed by atoms with Gasteiger partial charge in [-0.2, -0.15) is 0 Å².